The van der Waals surface area contributed by atoms with E-state index in [1.165, 1.54) is 0 Å². The van der Waals surface area contributed by atoms with Crippen molar-refractivity contribution in [3.8, 4) is 5.88 Å². The van der Waals surface area contributed by atoms with Crippen LogP contribution in [0.2, 0.25) is 0 Å². The lowest BCUT2D eigenvalue weighted by Crippen LogP contribution is -2.39. The topological polar surface area (TPSA) is 75.5 Å². The van der Waals surface area contributed by atoms with E-state index < -0.39 is 5.97 Å². The van der Waals surface area contributed by atoms with Gasteiger partial charge < -0.3 is 14.7 Å². The van der Waals surface area contributed by atoms with E-state index in [1.807, 2.05) is 20.8 Å². The molecule has 0 radical (unpaired) electrons. The number of carbonyl (C=O) groups is 1. The molecular weight excluding hydrogens is 270 g/mol. The highest BCUT2D eigenvalue weighted by Gasteiger charge is 2.27. The van der Waals surface area contributed by atoms with E-state index in [-0.39, 0.29) is 18.7 Å². The number of hydrogen-bond acceptors (Lipinski definition) is 5. The van der Waals surface area contributed by atoms with Crippen molar-refractivity contribution in [1.29, 1.82) is 0 Å². The summed E-state index contributed by atoms with van der Waals surface area (Å²) < 4.78 is 5.63. The highest BCUT2D eigenvalue weighted by Crippen LogP contribution is 2.27. The van der Waals surface area contributed by atoms with Crippen molar-refractivity contribution in [3.63, 3.8) is 0 Å². The minimum Gasteiger partial charge on any atom is -0.480 e. The quantitative estimate of drug-likeness (QED) is 0.868. The first-order chi connectivity index (χ1) is 9.95. The van der Waals surface area contributed by atoms with Crippen LogP contribution in [0.3, 0.4) is 0 Å². The van der Waals surface area contributed by atoms with E-state index in [0.717, 1.165) is 31.4 Å². The van der Waals surface area contributed by atoms with Crippen LogP contribution in [0.25, 0.3) is 0 Å². The van der Waals surface area contributed by atoms with Crippen LogP contribution in [-0.4, -0.2) is 39.7 Å². The monoisotopic (exact) mass is 293 g/mol. The molecule has 1 fully saturated rings. The Balaban J connectivity index is 2.29. The Labute approximate surface area is 125 Å². The number of aryl methyl sites for hydroxylation is 1. The molecule has 0 atom stereocenters. The summed E-state index contributed by atoms with van der Waals surface area (Å²) in [6.07, 6.45) is 4.26. The van der Waals surface area contributed by atoms with Crippen LogP contribution >= 0.6 is 0 Å². The summed E-state index contributed by atoms with van der Waals surface area (Å²) in [5, 5.41) is 9.16. The summed E-state index contributed by atoms with van der Waals surface area (Å²) in [6, 6.07) is 1.98. The van der Waals surface area contributed by atoms with Gasteiger partial charge in [0.15, 0.2) is 0 Å². The zero-order valence-electron chi connectivity index (χ0n) is 12.9. The molecule has 1 aliphatic rings. The number of rotatable bonds is 6. The molecule has 0 aliphatic heterocycles. The third kappa shape index (κ3) is 4.31. The van der Waals surface area contributed by atoms with Gasteiger partial charge in [-0.05, 0) is 33.6 Å². The lowest BCUT2D eigenvalue weighted by molar-refractivity contribution is -0.135. The molecule has 1 aliphatic carbocycles. The second kappa shape index (κ2) is 6.74. The van der Waals surface area contributed by atoms with Gasteiger partial charge in [0.1, 0.15) is 6.54 Å². The standard InChI is InChI=1S/C15H23N3O3/c1-10(2)21-13-8-11(3)16-15(17-13)18(9-14(19)20)12-6-4-5-7-12/h8,10,12H,4-7,9H2,1-3H3,(H,19,20). The predicted molar refractivity (Wildman–Crippen MR) is 79.8 cm³/mol. The Morgan fingerprint density at radius 3 is 2.67 bits per heavy atom. The minimum atomic E-state index is -0.863. The highest BCUT2D eigenvalue weighted by atomic mass is 16.5. The SMILES string of the molecule is Cc1cc(OC(C)C)nc(N(CC(=O)O)C2CCCC2)n1. The molecule has 0 bridgehead atoms. The number of ether oxygens (including phenoxy) is 1. The number of nitrogens with zero attached hydrogens (tertiary/aromatic N) is 3. The third-order valence-electron chi connectivity index (χ3n) is 3.50. The zero-order chi connectivity index (χ0) is 15.4. The van der Waals surface area contributed by atoms with Gasteiger partial charge in [-0.3, -0.25) is 4.79 Å². The molecule has 6 nitrogen and oxygen atoms in total. The Morgan fingerprint density at radius 2 is 2.10 bits per heavy atom. The van der Waals surface area contributed by atoms with Gasteiger partial charge in [-0.15, -0.1) is 0 Å². The van der Waals surface area contributed by atoms with E-state index in [9.17, 15) is 4.79 Å². The van der Waals surface area contributed by atoms with E-state index in [0.29, 0.717) is 11.8 Å². The average molecular weight is 293 g/mol. The van der Waals surface area contributed by atoms with E-state index in [1.54, 1.807) is 11.0 Å². The molecule has 0 aromatic carbocycles. The summed E-state index contributed by atoms with van der Waals surface area (Å²) in [5.74, 6) is 0.0965. The van der Waals surface area contributed by atoms with Gasteiger partial charge in [0.2, 0.25) is 11.8 Å². The summed E-state index contributed by atoms with van der Waals surface area (Å²) >= 11 is 0. The van der Waals surface area contributed by atoms with Crippen LogP contribution in [0.4, 0.5) is 5.95 Å². The molecule has 1 aromatic heterocycles. The minimum absolute atomic E-state index is 0.0200. The number of aliphatic carboxylic acids is 1. The number of carboxylic acids is 1. The summed E-state index contributed by atoms with van der Waals surface area (Å²) in [5.41, 5.74) is 0.782. The van der Waals surface area contributed by atoms with Crippen molar-refractivity contribution in [2.24, 2.45) is 0 Å². The lowest BCUT2D eigenvalue weighted by Gasteiger charge is -2.27. The maximum Gasteiger partial charge on any atom is 0.323 e. The second-order valence-electron chi connectivity index (χ2n) is 5.77. The van der Waals surface area contributed by atoms with Gasteiger partial charge >= 0.3 is 5.97 Å². The number of anilines is 1. The third-order valence-corrected chi connectivity index (χ3v) is 3.50. The van der Waals surface area contributed by atoms with Crippen LogP contribution in [0, 0.1) is 6.92 Å². The fraction of sp³-hybridized carbons (Fsp3) is 0.667. The second-order valence-corrected chi connectivity index (χ2v) is 5.77. The maximum absolute atomic E-state index is 11.2. The largest absolute Gasteiger partial charge is 0.480 e. The molecule has 0 amide bonds. The Bertz CT molecular complexity index is 499. The smallest absolute Gasteiger partial charge is 0.323 e. The molecule has 1 N–H and O–H groups in total. The molecule has 1 saturated carbocycles. The van der Waals surface area contributed by atoms with Gasteiger partial charge in [-0.25, -0.2) is 4.98 Å². The Morgan fingerprint density at radius 1 is 1.43 bits per heavy atom. The number of aromatic nitrogens is 2. The molecule has 116 valence electrons. The molecule has 0 spiro atoms. The van der Waals surface area contributed by atoms with Gasteiger partial charge in [0, 0.05) is 17.8 Å². The Hall–Kier alpha value is -1.85. The van der Waals surface area contributed by atoms with E-state index in [4.69, 9.17) is 9.84 Å². The molecule has 21 heavy (non-hydrogen) atoms. The molecule has 1 aromatic rings. The first-order valence-corrected chi connectivity index (χ1v) is 7.46. The van der Waals surface area contributed by atoms with Crippen LogP contribution in [0.15, 0.2) is 6.07 Å². The number of carboxylic acid groups (broad SMARTS) is 1. The zero-order valence-corrected chi connectivity index (χ0v) is 12.9. The van der Waals surface area contributed by atoms with Gasteiger partial charge in [0.05, 0.1) is 6.10 Å². The summed E-state index contributed by atoms with van der Waals surface area (Å²) in [4.78, 5) is 21.8. The number of hydrogen-bond donors (Lipinski definition) is 1. The van der Waals surface area contributed by atoms with Gasteiger partial charge in [-0.1, -0.05) is 12.8 Å². The molecule has 1 heterocycles. The van der Waals surface area contributed by atoms with Crippen molar-refractivity contribution in [2.75, 3.05) is 11.4 Å². The van der Waals surface area contributed by atoms with Crippen LogP contribution < -0.4 is 9.64 Å². The van der Waals surface area contributed by atoms with Crippen LogP contribution in [0.5, 0.6) is 5.88 Å². The van der Waals surface area contributed by atoms with Crippen molar-refractivity contribution in [2.45, 2.75) is 58.6 Å². The van der Waals surface area contributed by atoms with Crippen molar-refractivity contribution >= 4 is 11.9 Å². The van der Waals surface area contributed by atoms with Crippen molar-refractivity contribution < 1.29 is 14.6 Å². The molecule has 0 saturated heterocycles. The fourth-order valence-corrected chi connectivity index (χ4v) is 2.68. The molecular formula is C15H23N3O3. The van der Waals surface area contributed by atoms with Crippen LogP contribution in [-0.2, 0) is 4.79 Å². The first-order valence-electron chi connectivity index (χ1n) is 7.46. The maximum atomic E-state index is 11.2. The summed E-state index contributed by atoms with van der Waals surface area (Å²) in [6.45, 7) is 5.66. The highest BCUT2D eigenvalue weighted by molar-refractivity contribution is 5.73. The first kappa shape index (κ1) is 15.5. The van der Waals surface area contributed by atoms with Gasteiger partial charge in [0.25, 0.3) is 0 Å². The average Bonchev–Trinajstić information content (AvgIpc) is 2.87. The lowest BCUT2D eigenvalue weighted by atomic mass is 10.2. The van der Waals surface area contributed by atoms with Crippen molar-refractivity contribution in [1.82, 2.24) is 9.97 Å². The normalized spacial score (nSPS) is 15.4. The van der Waals surface area contributed by atoms with E-state index >= 15 is 0 Å². The van der Waals surface area contributed by atoms with Crippen molar-refractivity contribution in [3.05, 3.63) is 11.8 Å². The van der Waals surface area contributed by atoms with Crippen LogP contribution in [0.1, 0.15) is 45.2 Å². The molecule has 6 heteroatoms. The Kier molecular flexibility index (Phi) is 4.98. The molecule has 2 rings (SSSR count). The molecule has 0 unspecified atom stereocenters. The van der Waals surface area contributed by atoms with E-state index in [2.05, 4.69) is 9.97 Å². The summed E-state index contributed by atoms with van der Waals surface area (Å²) in [7, 11) is 0. The van der Waals surface area contributed by atoms with Gasteiger partial charge in [-0.2, -0.15) is 4.98 Å². The fourth-order valence-electron chi connectivity index (χ4n) is 2.68. The predicted octanol–water partition coefficient (Wildman–Crippen LogP) is 2.41.